The van der Waals surface area contributed by atoms with Gasteiger partial charge in [0, 0.05) is 29.0 Å². The highest BCUT2D eigenvalue weighted by atomic mass is 35.5. The number of hydrogen-bond acceptors (Lipinski definition) is 3. The largest absolute Gasteiger partial charge is 0.394 e. The first-order valence-corrected chi connectivity index (χ1v) is 9.04. The zero-order valence-corrected chi connectivity index (χ0v) is 16.3. The first-order chi connectivity index (χ1) is 13.2. The zero-order chi connectivity index (χ0) is 20.8. The maximum absolute atomic E-state index is 13.9. The number of halogens is 4. The van der Waals surface area contributed by atoms with E-state index in [9.17, 15) is 23.5 Å². The highest BCUT2D eigenvalue weighted by Crippen LogP contribution is 2.24. The van der Waals surface area contributed by atoms with E-state index in [2.05, 4.69) is 10.6 Å². The highest BCUT2D eigenvalue weighted by molar-refractivity contribution is 6.34. The van der Waals surface area contributed by atoms with E-state index in [4.69, 9.17) is 23.2 Å². The number of aliphatic hydroxyl groups is 1. The van der Waals surface area contributed by atoms with Gasteiger partial charge in [-0.2, -0.15) is 0 Å². The van der Waals surface area contributed by atoms with Crippen molar-refractivity contribution in [3.63, 3.8) is 0 Å². The van der Waals surface area contributed by atoms with Crippen LogP contribution in [0.15, 0.2) is 36.4 Å². The van der Waals surface area contributed by atoms with Crippen LogP contribution in [0.3, 0.4) is 0 Å². The van der Waals surface area contributed by atoms with Crippen LogP contribution >= 0.6 is 23.2 Å². The lowest BCUT2D eigenvalue weighted by Crippen LogP contribution is -2.49. The van der Waals surface area contributed by atoms with Crippen molar-refractivity contribution in [2.45, 2.75) is 25.4 Å². The number of amides is 2. The second kappa shape index (κ2) is 9.82. The van der Waals surface area contributed by atoms with Crippen LogP contribution in [0.1, 0.15) is 24.1 Å². The van der Waals surface area contributed by atoms with Crippen molar-refractivity contribution in [3.8, 4) is 0 Å². The van der Waals surface area contributed by atoms with Crippen molar-refractivity contribution >= 4 is 35.0 Å². The van der Waals surface area contributed by atoms with Crippen LogP contribution in [0, 0.1) is 11.6 Å². The van der Waals surface area contributed by atoms with Crippen LogP contribution < -0.4 is 10.6 Å². The Kier molecular flexibility index (Phi) is 7.74. The number of carbonyl (C=O) groups excluding carboxylic acids is 2. The normalized spacial score (nSPS) is 12.9. The summed E-state index contributed by atoms with van der Waals surface area (Å²) in [6, 6.07) is 5.70. The van der Waals surface area contributed by atoms with Crippen molar-refractivity contribution in [1.29, 1.82) is 0 Å². The monoisotopic (exact) mass is 430 g/mol. The third-order valence-electron chi connectivity index (χ3n) is 3.95. The molecule has 2 aromatic rings. The van der Waals surface area contributed by atoms with Crippen molar-refractivity contribution in [2.24, 2.45) is 0 Å². The molecule has 28 heavy (non-hydrogen) atoms. The number of nitrogens with one attached hydrogen (secondary N) is 2. The van der Waals surface area contributed by atoms with E-state index in [1.807, 2.05) is 0 Å². The van der Waals surface area contributed by atoms with Gasteiger partial charge in [0.15, 0.2) is 0 Å². The van der Waals surface area contributed by atoms with Gasteiger partial charge in [-0.1, -0.05) is 29.3 Å². The molecule has 2 atom stereocenters. The van der Waals surface area contributed by atoms with Crippen molar-refractivity contribution in [3.05, 3.63) is 69.2 Å². The SMILES string of the molecule is CC(=O)N[C@H](Cc1c(F)cccc1F)C(=O)NC(CO)c1cc(Cl)cc(Cl)c1. The quantitative estimate of drug-likeness (QED) is 0.631. The number of hydrogen-bond donors (Lipinski definition) is 3. The van der Waals surface area contributed by atoms with Crippen LogP contribution in [0.25, 0.3) is 0 Å². The number of rotatable bonds is 7. The molecule has 9 heteroatoms. The van der Waals surface area contributed by atoms with Crippen LogP contribution in [-0.2, 0) is 16.0 Å². The molecule has 0 fully saturated rings. The molecular formula is C19H18Cl2F2N2O3. The Balaban J connectivity index is 2.25. The molecule has 1 unspecified atom stereocenters. The van der Waals surface area contributed by atoms with E-state index < -0.39 is 48.6 Å². The van der Waals surface area contributed by atoms with Gasteiger partial charge in [-0.15, -0.1) is 0 Å². The summed E-state index contributed by atoms with van der Waals surface area (Å²) in [5, 5.41) is 15.2. The first kappa shape index (κ1) is 22.1. The van der Waals surface area contributed by atoms with E-state index in [1.165, 1.54) is 31.2 Å². The predicted molar refractivity (Wildman–Crippen MR) is 102 cm³/mol. The van der Waals surface area contributed by atoms with Crippen LogP contribution in [-0.4, -0.2) is 29.6 Å². The first-order valence-electron chi connectivity index (χ1n) is 8.28. The van der Waals surface area contributed by atoms with Crippen molar-refractivity contribution < 1.29 is 23.5 Å². The minimum atomic E-state index is -1.26. The molecule has 2 rings (SSSR count). The predicted octanol–water partition coefficient (Wildman–Crippen LogP) is 3.17. The lowest BCUT2D eigenvalue weighted by molar-refractivity contribution is -0.128. The molecule has 150 valence electrons. The molecule has 0 aromatic heterocycles. The Morgan fingerprint density at radius 3 is 2.14 bits per heavy atom. The Bertz CT molecular complexity index is 840. The van der Waals surface area contributed by atoms with Gasteiger partial charge in [-0.25, -0.2) is 8.78 Å². The third kappa shape index (κ3) is 5.89. The molecule has 0 saturated heterocycles. The second-order valence-electron chi connectivity index (χ2n) is 6.10. The summed E-state index contributed by atoms with van der Waals surface area (Å²) in [6.45, 7) is 0.696. The van der Waals surface area contributed by atoms with Crippen molar-refractivity contribution in [1.82, 2.24) is 10.6 Å². The summed E-state index contributed by atoms with van der Waals surface area (Å²) in [7, 11) is 0. The summed E-state index contributed by atoms with van der Waals surface area (Å²) >= 11 is 11.9. The summed E-state index contributed by atoms with van der Waals surface area (Å²) in [5.41, 5.74) is 0.106. The average molecular weight is 431 g/mol. The number of benzene rings is 2. The second-order valence-corrected chi connectivity index (χ2v) is 6.98. The highest BCUT2D eigenvalue weighted by Gasteiger charge is 2.26. The van der Waals surface area contributed by atoms with Crippen LogP contribution in [0.5, 0.6) is 0 Å². The van der Waals surface area contributed by atoms with Gasteiger partial charge >= 0.3 is 0 Å². The van der Waals surface area contributed by atoms with E-state index >= 15 is 0 Å². The molecule has 0 aliphatic heterocycles. The lowest BCUT2D eigenvalue weighted by Gasteiger charge is -2.23. The van der Waals surface area contributed by atoms with E-state index in [0.29, 0.717) is 15.6 Å². The van der Waals surface area contributed by atoms with Crippen molar-refractivity contribution in [2.75, 3.05) is 6.61 Å². The maximum atomic E-state index is 13.9. The molecule has 2 aromatic carbocycles. The Labute approximate surface area is 170 Å². The molecule has 0 aliphatic carbocycles. The molecule has 0 saturated carbocycles. The van der Waals surface area contributed by atoms with Gasteiger partial charge in [0.25, 0.3) is 0 Å². The molecule has 0 bridgehead atoms. The minimum absolute atomic E-state index is 0.307. The fraction of sp³-hybridized carbons (Fsp3) is 0.263. The van der Waals surface area contributed by atoms with E-state index in [0.717, 1.165) is 12.1 Å². The van der Waals surface area contributed by atoms with Gasteiger partial charge in [0.1, 0.15) is 17.7 Å². The third-order valence-corrected chi connectivity index (χ3v) is 4.39. The van der Waals surface area contributed by atoms with Crippen LogP contribution in [0.2, 0.25) is 10.0 Å². The standard InChI is InChI=1S/C19H18Cl2F2N2O3/c1-10(27)24-17(8-14-15(22)3-2-4-16(14)23)19(28)25-18(9-26)11-5-12(20)7-13(21)6-11/h2-7,17-18,26H,8-9H2,1H3,(H,24,27)(H,25,28)/t17-,18?/m1/s1. The zero-order valence-electron chi connectivity index (χ0n) is 14.8. The van der Waals surface area contributed by atoms with Gasteiger partial charge in [0.05, 0.1) is 12.6 Å². The Morgan fingerprint density at radius 2 is 1.64 bits per heavy atom. The molecule has 2 amide bonds. The maximum Gasteiger partial charge on any atom is 0.243 e. The Morgan fingerprint density at radius 1 is 1.07 bits per heavy atom. The molecule has 0 heterocycles. The summed E-state index contributed by atoms with van der Waals surface area (Å²) in [5.74, 6) is -2.94. The lowest BCUT2D eigenvalue weighted by atomic mass is 10.0. The molecule has 5 nitrogen and oxygen atoms in total. The topological polar surface area (TPSA) is 78.4 Å². The van der Waals surface area contributed by atoms with Gasteiger partial charge < -0.3 is 15.7 Å². The van der Waals surface area contributed by atoms with E-state index in [1.54, 1.807) is 0 Å². The summed E-state index contributed by atoms with van der Waals surface area (Å²) in [6.07, 6.45) is -0.404. The molecule has 0 aliphatic rings. The van der Waals surface area contributed by atoms with Gasteiger partial charge in [-0.05, 0) is 35.9 Å². The molecule has 0 radical (unpaired) electrons. The summed E-state index contributed by atoms with van der Waals surface area (Å²) in [4.78, 5) is 24.1. The number of carbonyl (C=O) groups is 2. The average Bonchev–Trinajstić information content (AvgIpc) is 2.60. The smallest absolute Gasteiger partial charge is 0.243 e. The fourth-order valence-corrected chi connectivity index (χ4v) is 3.21. The van der Waals surface area contributed by atoms with Gasteiger partial charge in [0.2, 0.25) is 11.8 Å². The van der Waals surface area contributed by atoms with Crippen LogP contribution in [0.4, 0.5) is 8.78 Å². The molecular weight excluding hydrogens is 413 g/mol. The minimum Gasteiger partial charge on any atom is -0.394 e. The molecule has 3 N–H and O–H groups in total. The van der Waals surface area contributed by atoms with E-state index in [-0.39, 0.29) is 5.56 Å². The fourth-order valence-electron chi connectivity index (χ4n) is 2.67. The Hall–Kier alpha value is -2.22. The number of aliphatic hydroxyl groups excluding tert-OH is 1. The molecule has 0 spiro atoms. The summed E-state index contributed by atoms with van der Waals surface area (Å²) < 4.78 is 27.9. The van der Waals surface area contributed by atoms with Gasteiger partial charge in [-0.3, -0.25) is 9.59 Å².